The molecule has 2 aliphatic carbocycles. The fourth-order valence-corrected chi connectivity index (χ4v) is 5.02. The van der Waals surface area contributed by atoms with Crippen LogP contribution in [0.25, 0.3) is 10.8 Å². The van der Waals surface area contributed by atoms with Gasteiger partial charge in [-0.05, 0) is 55.7 Å². The molecular formula is C23H21BrO4. The van der Waals surface area contributed by atoms with Crippen molar-refractivity contribution in [2.45, 2.75) is 44.4 Å². The van der Waals surface area contributed by atoms with Gasteiger partial charge in [-0.25, -0.2) is 9.59 Å². The van der Waals surface area contributed by atoms with Crippen LogP contribution in [-0.2, 0) is 15.0 Å². The average molecular weight is 441 g/mol. The summed E-state index contributed by atoms with van der Waals surface area (Å²) in [5.41, 5.74) is 2.20. The van der Waals surface area contributed by atoms with Gasteiger partial charge >= 0.3 is 11.9 Å². The third-order valence-corrected chi connectivity index (χ3v) is 6.37. The monoisotopic (exact) mass is 440 g/mol. The van der Waals surface area contributed by atoms with E-state index in [1.807, 2.05) is 18.2 Å². The number of benzene rings is 2. The van der Waals surface area contributed by atoms with E-state index in [1.54, 1.807) is 6.92 Å². The van der Waals surface area contributed by atoms with Crippen LogP contribution in [-0.4, -0.2) is 11.9 Å². The van der Waals surface area contributed by atoms with Gasteiger partial charge in [0.2, 0.25) is 0 Å². The summed E-state index contributed by atoms with van der Waals surface area (Å²) in [5, 5.41) is 1.49. The van der Waals surface area contributed by atoms with E-state index >= 15 is 0 Å². The molecule has 2 atom stereocenters. The third kappa shape index (κ3) is 2.80. The second kappa shape index (κ2) is 6.59. The minimum Gasteiger partial charge on any atom is -0.422 e. The predicted molar refractivity (Wildman–Crippen MR) is 112 cm³/mol. The number of carbonyl (C=O) groups excluding carboxylic acids is 2. The Morgan fingerprint density at radius 2 is 2.00 bits per heavy atom. The van der Waals surface area contributed by atoms with E-state index in [2.05, 4.69) is 36.0 Å². The lowest BCUT2D eigenvalue weighted by atomic mass is 9.78. The van der Waals surface area contributed by atoms with Crippen molar-refractivity contribution < 1.29 is 19.1 Å². The molecule has 2 unspecified atom stereocenters. The maximum Gasteiger partial charge on any atom is 0.338 e. The quantitative estimate of drug-likeness (QED) is 0.346. The number of rotatable bonds is 4. The molecule has 0 N–H and O–H groups in total. The molecule has 0 aliphatic heterocycles. The molecule has 2 bridgehead atoms. The predicted octanol–water partition coefficient (Wildman–Crippen LogP) is 5.71. The normalized spacial score (nSPS) is 22.0. The summed E-state index contributed by atoms with van der Waals surface area (Å²) in [6, 6.07) is 5.68. The first-order chi connectivity index (χ1) is 13.2. The second-order valence-corrected chi connectivity index (χ2v) is 8.85. The van der Waals surface area contributed by atoms with Crippen molar-refractivity contribution in [3.05, 3.63) is 58.6 Å². The molecule has 0 aromatic heterocycles. The fourth-order valence-electron chi connectivity index (χ4n) is 4.66. The largest absolute Gasteiger partial charge is 0.422 e. The van der Waals surface area contributed by atoms with Gasteiger partial charge in [-0.15, -0.1) is 0 Å². The lowest BCUT2D eigenvalue weighted by Crippen LogP contribution is -2.20. The van der Waals surface area contributed by atoms with Gasteiger partial charge in [-0.2, -0.15) is 0 Å². The smallest absolute Gasteiger partial charge is 0.338 e. The molecule has 5 heteroatoms. The van der Waals surface area contributed by atoms with Crippen LogP contribution in [0.2, 0.25) is 0 Å². The van der Waals surface area contributed by atoms with Crippen LogP contribution < -0.4 is 9.47 Å². The van der Waals surface area contributed by atoms with Crippen molar-refractivity contribution in [1.82, 2.24) is 0 Å². The first-order valence-corrected chi connectivity index (χ1v) is 10.1. The van der Waals surface area contributed by atoms with E-state index in [1.165, 1.54) is 6.08 Å². The maximum atomic E-state index is 12.4. The van der Waals surface area contributed by atoms with Crippen molar-refractivity contribution >= 4 is 38.6 Å². The van der Waals surface area contributed by atoms with Crippen molar-refractivity contribution in [3.8, 4) is 11.5 Å². The minimum atomic E-state index is -0.499. The first-order valence-electron chi connectivity index (χ1n) is 9.26. The highest BCUT2D eigenvalue weighted by Gasteiger charge is 2.50. The van der Waals surface area contributed by atoms with E-state index in [0.29, 0.717) is 17.1 Å². The number of carbonyl (C=O) groups is 2. The van der Waals surface area contributed by atoms with Crippen molar-refractivity contribution in [2.24, 2.45) is 0 Å². The molecule has 2 aromatic carbocycles. The van der Waals surface area contributed by atoms with Crippen molar-refractivity contribution in [1.29, 1.82) is 0 Å². The van der Waals surface area contributed by atoms with Crippen LogP contribution in [0.3, 0.4) is 0 Å². The lowest BCUT2D eigenvalue weighted by molar-refractivity contribution is -0.130. The van der Waals surface area contributed by atoms with Crippen molar-refractivity contribution in [2.75, 3.05) is 0 Å². The average Bonchev–Trinajstić information content (AvgIpc) is 3.17. The van der Waals surface area contributed by atoms with Crippen LogP contribution in [0.15, 0.2) is 47.5 Å². The second-order valence-electron chi connectivity index (χ2n) is 7.93. The highest BCUT2D eigenvalue weighted by atomic mass is 79.9. The highest BCUT2D eigenvalue weighted by Crippen LogP contribution is 2.64. The molecule has 1 fully saturated rings. The van der Waals surface area contributed by atoms with E-state index in [4.69, 9.17) is 9.47 Å². The number of hydrogen-bond donors (Lipinski definition) is 0. The number of hydrogen-bond acceptors (Lipinski definition) is 4. The van der Waals surface area contributed by atoms with Gasteiger partial charge in [0.1, 0.15) is 11.5 Å². The van der Waals surface area contributed by atoms with Gasteiger partial charge < -0.3 is 9.47 Å². The molecular weight excluding hydrogens is 420 g/mol. The Hall–Kier alpha value is -2.40. The first kappa shape index (κ1) is 18.9. The van der Waals surface area contributed by atoms with Crippen molar-refractivity contribution in [3.63, 3.8) is 0 Å². The van der Waals surface area contributed by atoms with E-state index in [9.17, 15) is 9.59 Å². The standard InChI is InChI=1S/C23H21BrO4/c1-5-17(25)27-21-16-10-14(24)6-7-15(16)20(28-22(26)12(2)3)18-13-8-9-23(4,11-13)19(18)21/h5-7,10,13H,1-2,8-9,11H2,3-4H3. The molecule has 4 rings (SSSR count). The molecule has 0 saturated heterocycles. The molecule has 144 valence electrons. The Kier molecular flexibility index (Phi) is 4.46. The minimum absolute atomic E-state index is 0.113. The third-order valence-electron chi connectivity index (χ3n) is 5.88. The fraction of sp³-hybridized carbons (Fsp3) is 0.304. The molecule has 1 saturated carbocycles. The van der Waals surface area contributed by atoms with Crippen LogP contribution in [0, 0.1) is 0 Å². The van der Waals surface area contributed by atoms with Crippen LogP contribution in [0.5, 0.6) is 11.5 Å². The van der Waals surface area contributed by atoms with Gasteiger partial charge in [-0.3, -0.25) is 0 Å². The van der Waals surface area contributed by atoms with Crippen LogP contribution in [0.4, 0.5) is 0 Å². The zero-order chi connectivity index (χ0) is 20.2. The molecule has 2 aromatic rings. The Morgan fingerprint density at radius 3 is 2.68 bits per heavy atom. The summed E-state index contributed by atoms with van der Waals surface area (Å²) >= 11 is 3.50. The number of fused-ring (bicyclic) bond motifs is 6. The van der Waals surface area contributed by atoms with Gasteiger partial charge in [0.25, 0.3) is 0 Å². The Morgan fingerprint density at radius 1 is 1.25 bits per heavy atom. The molecule has 0 amide bonds. The lowest BCUT2D eigenvalue weighted by Gasteiger charge is -2.29. The molecule has 0 spiro atoms. The maximum absolute atomic E-state index is 12.4. The Balaban J connectivity index is 2.08. The molecule has 0 radical (unpaired) electrons. The molecule has 2 aliphatic rings. The summed E-state index contributed by atoms with van der Waals surface area (Å²) in [6.45, 7) is 11.1. The van der Waals surface area contributed by atoms with Gasteiger partial charge in [-0.1, -0.05) is 36.0 Å². The number of halogens is 1. The van der Waals surface area contributed by atoms with Gasteiger partial charge in [0, 0.05) is 38.0 Å². The van der Waals surface area contributed by atoms with Gasteiger partial charge in [0.15, 0.2) is 0 Å². The summed E-state index contributed by atoms with van der Waals surface area (Å²) in [7, 11) is 0. The van der Waals surface area contributed by atoms with E-state index in [-0.39, 0.29) is 11.3 Å². The molecule has 4 nitrogen and oxygen atoms in total. The topological polar surface area (TPSA) is 52.6 Å². The van der Waals surface area contributed by atoms with Crippen LogP contribution in [0.1, 0.15) is 50.2 Å². The van der Waals surface area contributed by atoms with Crippen LogP contribution >= 0.6 is 15.9 Å². The SMILES string of the molecule is C=CC(=O)Oc1c2c(c(OC(=O)C(=C)C)c3ccc(Br)cc13)C1CCC2(C)C1. The zero-order valence-electron chi connectivity index (χ0n) is 15.9. The van der Waals surface area contributed by atoms with Gasteiger partial charge in [0.05, 0.1) is 0 Å². The van der Waals surface area contributed by atoms with E-state index in [0.717, 1.165) is 45.6 Å². The highest BCUT2D eigenvalue weighted by molar-refractivity contribution is 9.10. The summed E-state index contributed by atoms with van der Waals surface area (Å²) in [5.74, 6) is 0.451. The summed E-state index contributed by atoms with van der Waals surface area (Å²) < 4.78 is 12.5. The Bertz CT molecular complexity index is 1070. The molecule has 28 heavy (non-hydrogen) atoms. The zero-order valence-corrected chi connectivity index (χ0v) is 17.5. The summed E-state index contributed by atoms with van der Waals surface area (Å²) in [4.78, 5) is 24.5. The van der Waals surface area contributed by atoms with E-state index < -0.39 is 11.9 Å². The number of ether oxygens (including phenoxy) is 2. The molecule has 0 heterocycles. The number of esters is 2. The summed E-state index contributed by atoms with van der Waals surface area (Å²) in [6.07, 6.45) is 4.16. The Labute approximate surface area is 172 Å².